The van der Waals surface area contributed by atoms with E-state index >= 15 is 0 Å². The van der Waals surface area contributed by atoms with Crippen LogP contribution in [0.4, 0.5) is 0 Å². The molecule has 0 amide bonds. The van der Waals surface area contributed by atoms with Gasteiger partial charge < -0.3 is 10.8 Å². The van der Waals surface area contributed by atoms with Gasteiger partial charge in [-0.1, -0.05) is 30.3 Å². The molecule has 1 aromatic carbocycles. The van der Waals surface area contributed by atoms with Crippen LogP contribution in [0.3, 0.4) is 0 Å². The second-order valence-corrected chi connectivity index (χ2v) is 4.93. The molecule has 1 heterocycles. The third kappa shape index (κ3) is 3.53. The van der Waals surface area contributed by atoms with Crippen LogP contribution in [0.2, 0.25) is 0 Å². The minimum absolute atomic E-state index is 0.339. The van der Waals surface area contributed by atoms with E-state index in [0.717, 1.165) is 32.5 Å². The predicted octanol–water partition coefficient (Wildman–Crippen LogP) is 1.22. The highest BCUT2D eigenvalue weighted by Crippen LogP contribution is 2.21. The van der Waals surface area contributed by atoms with Crippen molar-refractivity contribution in [2.45, 2.75) is 25.5 Å². The Hall–Kier alpha value is -0.900. The highest BCUT2D eigenvalue weighted by atomic mass is 16.3. The number of nitrogens with two attached hydrogens (primary N) is 1. The average Bonchev–Trinajstić information content (AvgIpc) is 2.39. The predicted molar refractivity (Wildman–Crippen MR) is 69.5 cm³/mol. The Morgan fingerprint density at radius 3 is 2.82 bits per heavy atom. The van der Waals surface area contributed by atoms with Gasteiger partial charge in [0.2, 0.25) is 0 Å². The molecule has 0 saturated carbocycles. The summed E-state index contributed by atoms with van der Waals surface area (Å²) in [6.45, 7) is 3.45. The lowest BCUT2D eigenvalue weighted by atomic mass is 9.92. The summed E-state index contributed by atoms with van der Waals surface area (Å²) in [5, 5.41) is 9.81. The molecule has 1 saturated heterocycles. The highest BCUT2D eigenvalue weighted by molar-refractivity contribution is 5.14. The molecule has 0 aliphatic carbocycles. The molecule has 3 nitrogen and oxygen atoms in total. The fourth-order valence-corrected chi connectivity index (χ4v) is 2.58. The Bertz CT molecular complexity index is 328. The van der Waals surface area contributed by atoms with Crippen LogP contribution in [0.1, 0.15) is 18.4 Å². The van der Waals surface area contributed by atoms with Crippen molar-refractivity contribution >= 4 is 0 Å². The lowest BCUT2D eigenvalue weighted by molar-refractivity contribution is 0.0537. The van der Waals surface area contributed by atoms with Crippen LogP contribution in [0, 0.1) is 5.92 Å². The summed E-state index contributed by atoms with van der Waals surface area (Å²) in [6.07, 6.45) is 1.92. The van der Waals surface area contributed by atoms with Gasteiger partial charge in [0, 0.05) is 19.6 Å². The monoisotopic (exact) mass is 234 g/mol. The maximum Gasteiger partial charge on any atom is 0.0702 e. The first-order chi connectivity index (χ1) is 8.29. The van der Waals surface area contributed by atoms with Crippen LogP contribution < -0.4 is 5.73 Å². The molecule has 94 valence electrons. The van der Waals surface area contributed by atoms with Gasteiger partial charge in [0.25, 0.3) is 0 Å². The molecule has 2 rings (SSSR count). The Labute approximate surface area is 103 Å². The first-order valence-corrected chi connectivity index (χ1v) is 6.44. The van der Waals surface area contributed by atoms with Crippen LogP contribution in [-0.2, 0) is 6.54 Å². The number of aliphatic hydroxyl groups is 1. The second-order valence-electron chi connectivity index (χ2n) is 4.93. The van der Waals surface area contributed by atoms with Gasteiger partial charge >= 0.3 is 0 Å². The first kappa shape index (κ1) is 12.6. The Balaban J connectivity index is 1.89. The van der Waals surface area contributed by atoms with Crippen molar-refractivity contribution in [1.82, 2.24) is 4.90 Å². The molecule has 1 aromatic rings. The number of hydrogen-bond acceptors (Lipinski definition) is 3. The molecule has 0 spiro atoms. The lowest BCUT2D eigenvalue weighted by Gasteiger charge is -2.34. The average molecular weight is 234 g/mol. The first-order valence-electron chi connectivity index (χ1n) is 6.44. The number of rotatable bonds is 4. The lowest BCUT2D eigenvalue weighted by Crippen LogP contribution is -2.42. The van der Waals surface area contributed by atoms with Crippen molar-refractivity contribution in [3.8, 4) is 0 Å². The zero-order valence-corrected chi connectivity index (χ0v) is 10.3. The van der Waals surface area contributed by atoms with E-state index in [2.05, 4.69) is 29.2 Å². The Kier molecular flexibility index (Phi) is 4.54. The van der Waals surface area contributed by atoms with Crippen LogP contribution in [0.25, 0.3) is 0 Å². The molecule has 3 N–H and O–H groups in total. The third-order valence-corrected chi connectivity index (χ3v) is 3.58. The van der Waals surface area contributed by atoms with E-state index < -0.39 is 0 Å². The van der Waals surface area contributed by atoms with Gasteiger partial charge in [-0.3, -0.25) is 4.90 Å². The summed E-state index contributed by atoms with van der Waals surface area (Å²) in [5.74, 6) is 0.345. The summed E-state index contributed by atoms with van der Waals surface area (Å²) in [7, 11) is 0. The van der Waals surface area contributed by atoms with Gasteiger partial charge in [0.15, 0.2) is 0 Å². The van der Waals surface area contributed by atoms with Crippen LogP contribution in [-0.4, -0.2) is 35.7 Å². The van der Waals surface area contributed by atoms with E-state index in [1.165, 1.54) is 5.56 Å². The van der Waals surface area contributed by atoms with Crippen molar-refractivity contribution in [3.05, 3.63) is 35.9 Å². The smallest absolute Gasteiger partial charge is 0.0702 e. The van der Waals surface area contributed by atoms with Gasteiger partial charge in [0.1, 0.15) is 0 Å². The van der Waals surface area contributed by atoms with Gasteiger partial charge in [0.05, 0.1) is 6.10 Å². The molecular formula is C14H22N2O. The summed E-state index contributed by atoms with van der Waals surface area (Å²) in [4.78, 5) is 2.42. The van der Waals surface area contributed by atoms with Crippen molar-refractivity contribution in [1.29, 1.82) is 0 Å². The molecule has 2 unspecified atom stereocenters. The largest absolute Gasteiger partial charge is 0.391 e. The molecular weight excluding hydrogens is 212 g/mol. The SMILES string of the molecule is NCC(O)C1CCCN(Cc2ccccc2)C1. The maximum atomic E-state index is 9.81. The minimum atomic E-state index is -0.339. The molecule has 0 radical (unpaired) electrons. The van der Waals surface area contributed by atoms with Crippen molar-refractivity contribution in [3.63, 3.8) is 0 Å². The standard InChI is InChI=1S/C14H22N2O/c15-9-14(17)13-7-4-8-16(11-13)10-12-5-2-1-3-6-12/h1-3,5-6,13-14,17H,4,7-11,15H2. The zero-order valence-electron chi connectivity index (χ0n) is 10.3. The van der Waals surface area contributed by atoms with Crippen LogP contribution in [0.5, 0.6) is 0 Å². The van der Waals surface area contributed by atoms with E-state index in [-0.39, 0.29) is 6.10 Å². The maximum absolute atomic E-state index is 9.81. The van der Waals surface area contributed by atoms with Crippen LogP contribution >= 0.6 is 0 Å². The summed E-state index contributed by atoms with van der Waals surface area (Å²) in [6, 6.07) is 10.5. The molecule has 1 aliphatic heterocycles. The second kappa shape index (κ2) is 6.15. The number of likely N-dealkylation sites (tertiary alicyclic amines) is 1. The van der Waals surface area contributed by atoms with Gasteiger partial charge in [-0.15, -0.1) is 0 Å². The Morgan fingerprint density at radius 1 is 1.35 bits per heavy atom. The number of piperidine rings is 1. The van der Waals surface area contributed by atoms with E-state index in [1.54, 1.807) is 0 Å². The third-order valence-electron chi connectivity index (χ3n) is 3.58. The van der Waals surface area contributed by atoms with E-state index in [0.29, 0.717) is 12.5 Å². The van der Waals surface area contributed by atoms with E-state index in [9.17, 15) is 5.11 Å². The van der Waals surface area contributed by atoms with E-state index in [1.807, 2.05) is 6.07 Å². The van der Waals surface area contributed by atoms with Gasteiger partial charge in [-0.2, -0.15) is 0 Å². The number of nitrogens with zero attached hydrogens (tertiary/aromatic N) is 1. The van der Waals surface area contributed by atoms with Gasteiger partial charge in [-0.25, -0.2) is 0 Å². The quantitative estimate of drug-likeness (QED) is 0.823. The molecule has 0 aromatic heterocycles. The number of hydrogen-bond donors (Lipinski definition) is 2. The fraction of sp³-hybridized carbons (Fsp3) is 0.571. The Morgan fingerprint density at radius 2 is 2.12 bits per heavy atom. The molecule has 2 atom stereocenters. The van der Waals surface area contributed by atoms with Crippen LogP contribution in [0.15, 0.2) is 30.3 Å². The molecule has 1 fully saturated rings. The van der Waals surface area contributed by atoms with Crippen molar-refractivity contribution < 1.29 is 5.11 Å². The minimum Gasteiger partial charge on any atom is -0.391 e. The molecule has 0 bridgehead atoms. The number of aliphatic hydroxyl groups excluding tert-OH is 1. The fourth-order valence-electron chi connectivity index (χ4n) is 2.58. The summed E-state index contributed by atoms with van der Waals surface area (Å²) in [5.41, 5.74) is 6.88. The molecule has 3 heteroatoms. The zero-order chi connectivity index (χ0) is 12.1. The molecule has 17 heavy (non-hydrogen) atoms. The van der Waals surface area contributed by atoms with Crippen molar-refractivity contribution in [2.75, 3.05) is 19.6 Å². The van der Waals surface area contributed by atoms with E-state index in [4.69, 9.17) is 5.73 Å². The van der Waals surface area contributed by atoms with Crippen molar-refractivity contribution in [2.24, 2.45) is 11.7 Å². The highest BCUT2D eigenvalue weighted by Gasteiger charge is 2.24. The topological polar surface area (TPSA) is 49.5 Å². The summed E-state index contributed by atoms with van der Waals surface area (Å²) < 4.78 is 0. The molecule has 1 aliphatic rings. The normalized spacial score (nSPS) is 23.5. The van der Waals surface area contributed by atoms with Gasteiger partial charge in [-0.05, 0) is 30.9 Å². The summed E-state index contributed by atoms with van der Waals surface area (Å²) >= 11 is 0. The number of benzene rings is 1.